The van der Waals surface area contributed by atoms with Crippen molar-refractivity contribution >= 4 is 45.2 Å². The van der Waals surface area contributed by atoms with Crippen molar-refractivity contribution in [3.63, 3.8) is 0 Å². The van der Waals surface area contributed by atoms with Crippen molar-refractivity contribution in [2.45, 2.75) is 34.6 Å². The lowest BCUT2D eigenvalue weighted by atomic mass is 9.92. The lowest BCUT2D eigenvalue weighted by molar-refractivity contribution is 1.25. The molecule has 0 fully saturated rings. The predicted molar refractivity (Wildman–Crippen MR) is 214 cm³/mol. The van der Waals surface area contributed by atoms with E-state index < -0.39 is 0 Å². The van der Waals surface area contributed by atoms with E-state index >= 15 is 0 Å². The molecule has 0 saturated heterocycles. The fourth-order valence-corrected chi connectivity index (χ4v) is 6.01. The number of rotatable bonds is 10. The summed E-state index contributed by atoms with van der Waals surface area (Å²) in [4.78, 5) is 14.5. The molecule has 0 amide bonds. The number of aromatic nitrogens is 1. The largest absolute Gasteiger partial charge is 0.257 e. The molecule has 4 aromatic carbocycles. The van der Waals surface area contributed by atoms with Crippen molar-refractivity contribution in [2.75, 3.05) is 0 Å². The Morgan fingerprint density at radius 3 is 2.24 bits per heavy atom. The highest BCUT2D eigenvalue weighted by atomic mass is 14.9. The molecule has 0 saturated carbocycles. The third-order valence-corrected chi connectivity index (χ3v) is 8.54. The Hall–Kier alpha value is -5.93. The molecule has 1 aromatic heterocycles. The minimum absolute atomic E-state index is 0.733. The monoisotopic (exact) mass is 637 g/mol. The molecular weight excluding hydrogens is 595 g/mol. The van der Waals surface area contributed by atoms with E-state index in [2.05, 4.69) is 143 Å². The van der Waals surface area contributed by atoms with Crippen LogP contribution in [-0.4, -0.2) is 16.4 Å². The number of hydrogen-bond donors (Lipinski definition) is 0. The van der Waals surface area contributed by atoms with Crippen LogP contribution < -0.4 is 10.4 Å². The maximum atomic E-state index is 5.15. The summed E-state index contributed by atoms with van der Waals surface area (Å²) in [5, 5.41) is 4.56. The van der Waals surface area contributed by atoms with Crippen LogP contribution in [0.1, 0.15) is 49.9 Å². The number of aliphatic imine (C=N–C) groups is 2. The molecule has 49 heavy (non-hydrogen) atoms. The van der Waals surface area contributed by atoms with Gasteiger partial charge >= 0.3 is 0 Å². The van der Waals surface area contributed by atoms with Crippen LogP contribution in [0.15, 0.2) is 163 Å². The van der Waals surface area contributed by atoms with Gasteiger partial charge in [-0.25, -0.2) is 9.98 Å². The zero-order valence-electron chi connectivity index (χ0n) is 29.1. The molecule has 0 aliphatic rings. The summed E-state index contributed by atoms with van der Waals surface area (Å²) in [5.41, 5.74) is 10.5. The summed E-state index contributed by atoms with van der Waals surface area (Å²) >= 11 is 0. The number of allylic oxidation sites excluding steroid dienone is 7. The van der Waals surface area contributed by atoms with Crippen LogP contribution in [0.2, 0.25) is 0 Å². The van der Waals surface area contributed by atoms with E-state index in [4.69, 9.17) is 9.98 Å². The molecular formula is C46H43N3. The van der Waals surface area contributed by atoms with Crippen LogP contribution in [0.5, 0.6) is 0 Å². The van der Waals surface area contributed by atoms with E-state index in [1.807, 2.05) is 43.5 Å². The van der Waals surface area contributed by atoms with Crippen LogP contribution in [0.4, 0.5) is 5.82 Å². The quantitative estimate of drug-likeness (QED) is 0.111. The second kappa shape index (κ2) is 16.3. The third-order valence-electron chi connectivity index (χ3n) is 8.54. The van der Waals surface area contributed by atoms with E-state index in [0.29, 0.717) is 0 Å². The average Bonchev–Trinajstić information content (AvgIpc) is 3.13. The van der Waals surface area contributed by atoms with Gasteiger partial charge in [-0.2, -0.15) is 0 Å². The molecule has 0 N–H and O–H groups in total. The van der Waals surface area contributed by atoms with Crippen LogP contribution >= 0.6 is 0 Å². The predicted octanol–water partition coefficient (Wildman–Crippen LogP) is 10.7. The lowest BCUT2D eigenvalue weighted by Crippen LogP contribution is -2.28. The lowest BCUT2D eigenvalue weighted by Gasteiger charge is -2.13. The van der Waals surface area contributed by atoms with E-state index in [0.717, 1.165) is 83.0 Å². The molecule has 0 spiro atoms. The van der Waals surface area contributed by atoms with Crippen molar-refractivity contribution in [1.29, 1.82) is 0 Å². The van der Waals surface area contributed by atoms with Crippen LogP contribution in [0.3, 0.4) is 0 Å². The van der Waals surface area contributed by atoms with E-state index in [1.54, 1.807) is 12.3 Å². The van der Waals surface area contributed by atoms with Gasteiger partial charge in [0.1, 0.15) is 0 Å². The SMILES string of the molecule is C=C/C=C\C=C(/C)c1cc(C(/C=C\C)=NC=C)cc(-c2ccc(C(/C(C)=N/c3ncc4ccccc4c3C)=c3\cccc\c3=C\C)cc2)c1. The van der Waals surface area contributed by atoms with Gasteiger partial charge in [-0.05, 0) is 103 Å². The van der Waals surface area contributed by atoms with Gasteiger partial charge in [-0.15, -0.1) is 0 Å². The number of pyridine rings is 1. The summed E-state index contributed by atoms with van der Waals surface area (Å²) in [6.07, 6.45) is 17.5. The minimum atomic E-state index is 0.733. The Kier molecular flexibility index (Phi) is 11.4. The summed E-state index contributed by atoms with van der Waals surface area (Å²) < 4.78 is 0. The molecule has 242 valence electrons. The molecule has 0 unspecified atom stereocenters. The molecule has 1 heterocycles. The zero-order valence-corrected chi connectivity index (χ0v) is 29.1. The number of benzene rings is 4. The standard InChI is InChI=1S/C46H43N3/c1-8-12-13-19-32(5)39-28-40(30-41(29-39)44(18-9-2)47-11-4)36-24-26-37(27-25-36)45(43-23-17-14-20-35(43)10-3)34(7)49-46-33(6)42-22-16-15-21-38(42)31-48-46/h8-31H,1,4H2,2-3,5-7H3/b13-12-,18-9-,32-19+,35-10-,45-43+,47-44?,49-34+. The highest BCUT2D eigenvalue weighted by Crippen LogP contribution is 2.30. The number of hydrogen-bond acceptors (Lipinski definition) is 3. The summed E-state index contributed by atoms with van der Waals surface area (Å²) in [6, 6.07) is 32.2. The van der Waals surface area contributed by atoms with Crippen molar-refractivity contribution in [2.24, 2.45) is 9.98 Å². The van der Waals surface area contributed by atoms with E-state index in [-0.39, 0.29) is 0 Å². The van der Waals surface area contributed by atoms with Gasteiger partial charge in [-0.1, -0.05) is 122 Å². The van der Waals surface area contributed by atoms with Gasteiger partial charge < -0.3 is 0 Å². The zero-order chi connectivity index (χ0) is 34.8. The topological polar surface area (TPSA) is 37.6 Å². The van der Waals surface area contributed by atoms with Crippen molar-refractivity contribution < 1.29 is 0 Å². The highest BCUT2D eigenvalue weighted by Gasteiger charge is 2.13. The Morgan fingerprint density at radius 1 is 0.776 bits per heavy atom. The number of aryl methyl sites for hydroxylation is 1. The highest BCUT2D eigenvalue weighted by molar-refractivity contribution is 6.23. The third kappa shape index (κ3) is 7.97. The summed E-state index contributed by atoms with van der Waals surface area (Å²) in [6.45, 7) is 18.0. The first kappa shape index (κ1) is 34.4. The van der Waals surface area contributed by atoms with Gasteiger partial charge in [-0.3, -0.25) is 4.99 Å². The van der Waals surface area contributed by atoms with Crippen LogP contribution in [-0.2, 0) is 0 Å². The van der Waals surface area contributed by atoms with Gasteiger partial charge in [0.05, 0.1) is 5.71 Å². The molecule has 0 atom stereocenters. The first-order chi connectivity index (χ1) is 23.9. The second-order valence-corrected chi connectivity index (χ2v) is 11.8. The molecule has 0 aliphatic carbocycles. The normalized spacial score (nSPS) is 13.8. The van der Waals surface area contributed by atoms with Gasteiger partial charge in [0, 0.05) is 40.2 Å². The van der Waals surface area contributed by atoms with Gasteiger partial charge in [0.25, 0.3) is 0 Å². The molecule has 5 aromatic rings. The second-order valence-electron chi connectivity index (χ2n) is 11.8. The number of nitrogens with zero attached hydrogens (tertiary/aromatic N) is 3. The molecule has 0 aliphatic heterocycles. The van der Waals surface area contributed by atoms with Gasteiger partial charge in [0.15, 0.2) is 5.82 Å². The van der Waals surface area contributed by atoms with Crippen molar-refractivity contribution in [3.8, 4) is 11.1 Å². The average molecular weight is 638 g/mol. The smallest absolute Gasteiger partial charge is 0.155 e. The Labute approximate surface area is 290 Å². The van der Waals surface area contributed by atoms with Gasteiger partial charge in [0.2, 0.25) is 0 Å². The molecule has 3 heteroatoms. The maximum Gasteiger partial charge on any atom is 0.155 e. The molecule has 0 radical (unpaired) electrons. The minimum Gasteiger partial charge on any atom is -0.257 e. The van der Waals surface area contributed by atoms with Crippen LogP contribution in [0, 0.1) is 6.92 Å². The first-order valence-electron chi connectivity index (χ1n) is 16.6. The van der Waals surface area contributed by atoms with Crippen LogP contribution in [0.25, 0.3) is 39.1 Å². The number of fused-ring (bicyclic) bond motifs is 1. The molecule has 5 rings (SSSR count). The Balaban J connectivity index is 1.67. The fraction of sp³-hybridized carbons (Fsp3) is 0.109. The molecule has 3 nitrogen and oxygen atoms in total. The summed E-state index contributed by atoms with van der Waals surface area (Å²) in [5.74, 6) is 0.733. The van der Waals surface area contributed by atoms with E-state index in [1.165, 1.54) is 0 Å². The van der Waals surface area contributed by atoms with Crippen molar-refractivity contribution in [1.82, 2.24) is 4.98 Å². The Bertz CT molecular complexity index is 2290. The van der Waals surface area contributed by atoms with E-state index in [9.17, 15) is 0 Å². The molecule has 0 bridgehead atoms. The maximum absolute atomic E-state index is 5.15. The Morgan fingerprint density at radius 2 is 1.51 bits per heavy atom. The summed E-state index contributed by atoms with van der Waals surface area (Å²) in [7, 11) is 0. The van der Waals surface area contributed by atoms with Crippen molar-refractivity contribution in [3.05, 3.63) is 186 Å². The fourth-order valence-electron chi connectivity index (χ4n) is 6.01. The first-order valence-corrected chi connectivity index (χ1v) is 16.6.